The Morgan fingerprint density at radius 1 is 1.27 bits per heavy atom. The minimum Gasteiger partial charge on any atom is -0.376 e. The summed E-state index contributed by atoms with van der Waals surface area (Å²) >= 11 is 0. The van der Waals surface area contributed by atoms with E-state index >= 15 is 0 Å². The van der Waals surface area contributed by atoms with Crippen molar-refractivity contribution in [1.82, 2.24) is 10.2 Å². The van der Waals surface area contributed by atoms with Crippen molar-refractivity contribution in [1.29, 1.82) is 0 Å². The molecule has 3 atom stereocenters. The number of hydrogen-bond acceptors (Lipinski definition) is 3. The first kappa shape index (κ1) is 10.1. The number of ether oxygens (including phenoxy) is 1. The number of nitrogens with one attached hydrogen (secondary N) is 1. The van der Waals surface area contributed by atoms with Crippen molar-refractivity contribution < 1.29 is 4.74 Å². The first-order valence-electron chi connectivity index (χ1n) is 6.48. The first-order valence-corrected chi connectivity index (χ1v) is 6.48. The van der Waals surface area contributed by atoms with Crippen molar-refractivity contribution in [3.05, 3.63) is 0 Å². The fourth-order valence-corrected chi connectivity index (χ4v) is 3.36. The van der Waals surface area contributed by atoms with Crippen LogP contribution in [0.2, 0.25) is 0 Å². The molecular formula is C12H22N2O. The SMILES string of the molecule is C1CCN(C[C@H]2OC[C@@H]3CCNC[C@@H]32)C1. The zero-order chi connectivity index (χ0) is 10.1. The Kier molecular flexibility index (Phi) is 2.95. The van der Waals surface area contributed by atoms with E-state index in [1.807, 2.05) is 0 Å². The monoisotopic (exact) mass is 210 g/mol. The Balaban J connectivity index is 1.56. The number of fused-ring (bicyclic) bond motifs is 1. The molecule has 0 aromatic rings. The summed E-state index contributed by atoms with van der Waals surface area (Å²) in [6.07, 6.45) is 4.61. The second-order valence-corrected chi connectivity index (χ2v) is 5.30. The Hall–Kier alpha value is -0.120. The predicted octanol–water partition coefficient (Wildman–Crippen LogP) is 0.707. The lowest BCUT2D eigenvalue weighted by Crippen LogP contribution is -2.42. The summed E-state index contributed by atoms with van der Waals surface area (Å²) in [6.45, 7) is 7.17. The topological polar surface area (TPSA) is 24.5 Å². The van der Waals surface area contributed by atoms with Gasteiger partial charge in [-0.1, -0.05) is 0 Å². The molecule has 1 N–H and O–H groups in total. The Bertz CT molecular complexity index is 216. The van der Waals surface area contributed by atoms with E-state index in [2.05, 4.69) is 10.2 Å². The van der Waals surface area contributed by atoms with E-state index < -0.39 is 0 Å². The highest BCUT2D eigenvalue weighted by Gasteiger charge is 2.39. The average molecular weight is 210 g/mol. The first-order chi connectivity index (χ1) is 7.43. The van der Waals surface area contributed by atoms with Gasteiger partial charge in [0.1, 0.15) is 0 Å². The molecule has 3 aliphatic heterocycles. The molecule has 0 unspecified atom stereocenters. The van der Waals surface area contributed by atoms with E-state index in [1.165, 1.54) is 52.0 Å². The zero-order valence-corrected chi connectivity index (χ0v) is 9.45. The standard InChI is InChI=1S/C12H22N2O/c1-2-6-14(5-1)8-12-11-7-13-4-3-10(11)9-15-12/h10-13H,1-9H2/t10-,11-,12+/m0/s1. The largest absolute Gasteiger partial charge is 0.376 e. The van der Waals surface area contributed by atoms with E-state index in [9.17, 15) is 0 Å². The zero-order valence-electron chi connectivity index (χ0n) is 9.45. The van der Waals surface area contributed by atoms with Gasteiger partial charge in [0.15, 0.2) is 0 Å². The summed E-state index contributed by atoms with van der Waals surface area (Å²) in [7, 11) is 0. The molecule has 0 aromatic carbocycles. The highest BCUT2D eigenvalue weighted by atomic mass is 16.5. The summed E-state index contributed by atoms with van der Waals surface area (Å²) < 4.78 is 5.98. The van der Waals surface area contributed by atoms with Crippen LogP contribution in [0.5, 0.6) is 0 Å². The lowest BCUT2D eigenvalue weighted by molar-refractivity contribution is 0.0614. The van der Waals surface area contributed by atoms with Crippen LogP contribution in [0.15, 0.2) is 0 Å². The van der Waals surface area contributed by atoms with Crippen LogP contribution in [-0.2, 0) is 4.74 Å². The van der Waals surface area contributed by atoms with Crippen LogP contribution in [0.1, 0.15) is 19.3 Å². The van der Waals surface area contributed by atoms with Crippen LogP contribution in [0.25, 0.3) is 0 Å². The fourth-order valence-electron chi connectivity index (χ4n) is 3.36. The van der Waals surface area contributed by atoms with Gasteiger partial charge in [0.2, 0.25) is 0 Å². The number of piperidine rings is 1. The third kappa shape index (κ3) is 2.05. The molecule has 3 aliphatic rings. The molecule has 3 heterocycles. The summed E-state index contributed by atoms with van der Waals surface area (Å²) in [5.74, 6) is 1.64. The van der Waals surface area contributed by atoms with Gasteiger partial charge >= 0.3 is 0 Å². The van der Waals surface area contributed by atoms with Crippen molar-refractivity contribution in [2.45, 2.75) is 25.4 Å². The molecule has 0 saturated carbocycles. The van der Waals surface area contributed by atoms with Gasteiger partial charge in [0, 0.05) is 19.0 Å². The van der Waals surface area contributed by atoms with Crippen LogP contribution in [-0.4, -0.2) is 50.3 Å². The van der Waals surface area contributed by atoms with Crippen LogP contribution < -0.4 is 5.32 Å². The summed E-state index contributed by atoms with van der Waals surface area (Å²) in [6, 6.07) is 0. The van der Waals surface area contributed by atoms with Gasteiger partial charge in [-0.2, -0.15) is 0 Å². The van der Waals surface area contributed by atoms with Crippen molar-refractivity contribution in [2.75, 3.05) is 39.3 Å². The number of rotatable bonds is 2. The minimum absolute atomic E-state index is 0.515. The van der Waals surface area contributed by atoms with Gasteiger partial charge in [0.25, 0.3) is 0 Å². The van der Waals surface area contributed by atoms with E-state index in [-0.39, 0.29) is 0 Å². The molecule has 0 bridgehead atoms. The Morgan fingerprint density at radius 3 is 3.00 bits per heavy atom. The van der Waals surface area contributed by atoms with Crippen molar-refractivity contribution in [2.24, 2.45) is 11.8 Å². The highest BCUT2D eigenvalue weighted by molar-refractivity contribution is 4.90. The molecule has 0 aliphatic carbocycles. The highest BCUT2D eigenvalue weighted by Crippen LogP contribution is 2.32. The summed E-state index contributed by atoms with van der Waals surface area (Å²) in [5.41, 5.74) is 0. The molecular weight excluding hydrogens is 188 g/mol. The van der Waals surface area contributed by atoms with Gasteiger partial charge in [0.05, 0.1) is 12.7 Å². The number of likely N-dealkylation sites (tertiary alicyclic amines) is 1. The predicted molar refractivity (Wildman–Crippen MR) is 59.9 cm³/mol. The lowest BCUT2D eigenvalue weighted by atomic mass is 9.85. The van der Waals surface area contributed by atoms with E-state index in [0.717, 1.165) is 18.4 Å². The lowest BCUT2D eigenvalue weighted by Gasteiger charge is -2.30. The van der Waals surface area contributed by atoms with Crippen LogP contribution >= 0.6 is 0 Å². The quantitative estimate of drug-likeness (QED) is 0.726. The van der Waals surface area contributed by atoms with E-state index in [4.69, 9.17) is 4.74 Å². The second kappa shape index (κ2) is 4.40. The minimum atomic E-state index is 0.515. The van der Waals surface area contributed by atoms with Gasteiger partial charge in [-0.15, -0.1) is 0 Å². The maximum Gasteiger partial charge on any atom is 0.0745 e. The average Bonchev–Trinajstić information content (AvgIpc) is 2.89. The summed E-state index contributed by atoms with van der Waals surface area (Å²) in [5, 5.41) is 3.51. The third-order valence-electron chi connectivity index (χ3n) is 4.32. The van der Waals surface area contributed by atoms with Gasteiger partial charge in [-0.25, -0.2) is 0 Å². The molecule has 3 saturated heterocycles. The molecule has 86 valence electrons. The number of nitrogens with zero attached hydrogens (tertiary/aromatic N) is 1. The van der Waals surface area contributed by atoms with Gasteiger partial charge in [-0.3, -0.25) is 0 Å². The van der Waals surface area contributed by atoms with Crippen LogP contribution in [0, 0.1) is 11.8 Å². The molecule has 0 radical (unpaired) electrons. The van der Waals surface area contributed by atoms with E-state index in [1.54, 1.807) is 0 Å². The molecule has 0 aromatic heterocycles. The molecule has 3 fully saturated rings. The van der Waals surface area contributed by atoms with Crippen molar-refractivity contribution in [3.63, 3.8) is 0 Å². The normalized spacial score (nSPS) is 42.0. The van der Waals surface area contributed by atoms with Crippen LogP contribution in [0.4, 0.5) is 0 Å². The Morgan fingerprint density at radius 2 is 2.13 bits per heavy atom. The number of hydrogen-bond donors (Lipinski definition) is 1. The van der Waals surface area contributed by atoms with Crippen LogP contribution in [0.3, 0.4) is 0 Å². The second-order valence-electron chi connectivity index (χ2n) is 5.30. The maximum atomic E-state index is 5.98. The molecule has 3 nitrogen and oxygen atoms in total. The molecule has 15 heavy (non-hydrogen) atoms. The summed E-state index contributed by atoms with van der Waals surface area (Å²) in [4.78, 5) is 2.58. The maximum absolute atomic E-state index is 5.98. The van der Waals surface area contributed by atoms with Gasteiger partial charge in [-0.05, 0) is 44.8 Å². The molecule has 3 rings (SSSR count). The van der Waals surface area contributed by atoms with Crippen molar-refractivity contribution in [3.8, 4) is 0 Å². The Labute approximate surface area is 92.2 Å². The fraction of sp³-hybridized carbons (Fsp3) is 1.00. The smallest absolute Gasteiger partial charge is 0.0745 e. The van der Waals surface area contributed by atoms with E-state index in [0.29, 0.717) is 6.10 Å². The molecule has 0 spiro atoms. The third-order valence-corrected chi connectivity index (χ3v) is 4.32. The molecule has 0 amide bonds. The van der Waals surface area contributed by atoms with Gasteiger partial charge < -0.3 is 15.0 Å². The van der Waals surface area contributed by atoms with Crippen molar-refractivity contribution >= 4 is 0 Å². The molecule has 3 heteroatoms.